The molecule has 0 unspecified atom stereocenters. The minimum Gasteiger partial charge on any atom is -0.481 e. The van der Waals surface area contributed by atoms with Gasteiger partial charge < -0.3 is 15.7 Å². The fraction of sp³-hybridized carbons (Fsp3) is 0.0952. The van der Waals surface area contributed by atoms with Crippen LogP contribution in [0.4, 0.5) is 10.5 Å². The monoisotopic (exact) mass is 442 g/mol. The highest BCUT2D eigenvalue weighted by Gasteiger charge is 2.09. The first kappa shape index (κ1) is 23.5. The highest BCUT2D eigenvalue weighted by atomic mass is 32.2. The van der Waals surface area contributed by atoms with E-state index in [1.807, 2.05) is 12.1 Å². The summed E-state index contributed by atoms with van der Waals surface area (Å²) < 4.78 is 23.1. The minimum atomic E-state index is -3.78. The van der Waals surface area contributed by atoms with Crippen molar-refractivity contribution in [3.8, 4) is 11.1 Å². The molecule has 0 spiro atoms. The maximum Gasteiger partial charge on any atom is 0.319 e. The van der Waals surface area contributed by atoms with Gasteiger partial charge in [0, 0.05) is 31.5 Å². The van der Waals surface area contributed by atoms with Crippen LogP contribution >= 0.6 is 0 Å². The molecule has 162 valence electrons. The molecule has 0 atom stereocenters. The minimum absolute atomic E-state index is 0.0348. The zero-order valence-electron chi connectivity index (χ0n) is 16.6. The van der Waals surface area contributed by atoms with Crippen LogP contribution in [0, 0.1) is 0 Å². The largest absolute Gasteiger partial charge is 0.481 e. The van der Waals surface area contributed by atoms with Gasteiger partial charge in [-0.05, 0) is 47.0 Å². The van der Waals surface area contributed by atoms with E-state index in [9.17, 15) is 13.2 Å². The molecule has 1 aromatic heterocycles. The Morgan fingerprint density at radius 2 is 1.68 bits per heavy atom. The van der Waals surface area contributed by atoms with Crippen molar-refractivity contribution >= 4 is 27.7 Å². The molecule has 0 bridgehead atoms. The smallest absolute Gasteiger partial charge is 0.319 e. The van der Waals surface area contributed by atoms with E-state index in [2.05, 4.69) is 15.6 Å². The average Bonchev–Trinajstić information content (AvgIpc) is 2.72. The predicted octanol–water partition coefficient (Wildman–Crippen LogP) is 2.81. The number of hydrogen-bond acceptors (Lipinski definition) is 5. The summed E-state index contributed by atoms with van der Waals surface area (Å²) in [6.07, 6.45) is 3.35. The van der Waals surface area contributed by atoms with E-state index in [4.69, 9.17) is 15.0 Å². The summed E-state index contributed by atoms with van der Waals surface area (Å²) in [6, 6.07) is 16.7. The number of nitrogens with zero attached hydrogens (tertiary/aromatic N) is 1. The number of urea groups is 1. The van der Waals surface area contributed by atoms with Gasteiger partial charge in [-0.25, -0.2) is 18.4 Å². The quantitative estimate of drug-likeness (QED) is 0.477. The van der Waals surface area contributed by atoms with Crippen molar-refractivity contribution in [1.82, 2.24) is 10.3 Å². The number of nitrogens with two attached hydrogens (primary N) is 1. The number of hydrogen-bond donors (Lipinski definition) is 4. The van der Waals surface area contributed by atoms with Crippen molar-refractivity contribution in [2.75, 3.05) is 5.32 Å². The second kappa shape index (κ2) is 10.9. The number of carboxylic acid groups (broad SMARTS) is 1. The van der Waals surface area contributed by atoms with Crippen molar-refractivity contribution in [3.63, 3.8) is 0 Å². The molecule has 2 aromatic carbocycles. The average molecular weight is 442 g/mol. The number of amides is 2. The van der Waals surface area contributed by atoms with Crippen molar-refractivity contribution in [2.45, 2.75) is 18.4 Å². The van der Waals surface area contributed by atoms with Gasteiger partial charge >= 0.3 is 6.03 Å². The van der Waals surface area contributed by atoms with Gasteiger partial charge in [0.1, 0.15) is 0 Å². The Labute approximate surface area is 180 Å². The third kappa shape index (κ3) is 8.25. The molecule has 2 amide bonds. The zero-order valence-corrected chi connectivity index (χ0v) is 17.5. The van der Waals surface area contributed by atoms with E-state index >= 15 is 0 Å². The lowest BCUT2D eigenvalue weighted by atomic mass is 10.1. The topological polar surface area (TPSA) is 151 Å². The Bertz CT molecular complexity index is 1150. The molecule has 5 N–H and O–H groups in total. The lowest BCUT2D eigenvalue weighted by Gasteiger charge is -2.10. The SMILES string of the molecule is CC(=O)O.NS(=O)(=O)c1cccc(-c2cccc(NC(=O)NCc3cccnc3)c2)c1. The number of aromatic nitrogens is 1. The number of benzene rings is 2. The Morgan fingerprint density at radius 1 is 1.03 bits per heavy atom. The van der Waals surface area contributed by atoms with Gasteiger partial charge in [-0.3, -0.25) is 9.78 Å². The molecule has 0 aliphatic rings. The number of anilines is 1. The molecule has 31 heavy (non-hydrogen) atoms. The molecule has 0 aliphatic carbocycles. The van der Waals surface area contributed by atoms with Crippen LogP contribution in [-0.4, -0.2) is 30.5 Å². The zero-order chi connectivity index (χ0) is 22.9. The molecule has 0 fully saturated rings. The Hall–Kier alpha value is -3.76. The van der Waals surface area contributed by atoms with Crippen molar-refractivity contribution in [3.05, 3.63) is 78.6 Å². The second-order valence-corrected chi connectivity index (χ2v) is 7.90. The van der Waals surface area contributed by atoms with Gasteiger partial charge in [0.05, 0.1) is 4.90 Å². The number of carbonyl (C=O) groups excluding carboxylic acids is 1. The summed E-state index contributed by atoms with van der Waals surface area (Å²) >= 11 is 0. The number of carbonyl (C=O) groups is 2. The van der Waals surface area contributed by atoms with Crippen LogP contribution in [0.1, 0.15) is 12.5 Å². The van der Waals surface area contributed by atoms with Crippen molar-refractivity contribution in [1.29, 1.82) is 0 Å². The number of sulfonamides is 1. The number of primary sulfonamides is 1. The highest BCUT2D eigenvalue weighted by Crippen LogP contribution is 2.24. The summed E-state index contributed by atoms with van der Waals surface area (Å²) in [6.45, 7) is 1.44. The first-order chi connectivity index (χ1) is 14.6. The number of nitrogens with one attached hydrogen (secondary N) is 2. The molecular formula is C21H22N4O5S. The van der Waals surface area contributed by atoms with Crippen LogP contribution in [-0.2, 0) is 21.4 Å². The summed E-state index contributed by atoms with van der Waals surface area (Å²) in [5.41, 5.74) is 2.91. The van der Waals surface area contributed by atoms with Gasteiger partial charge in [-0.15, -0.1) is 0 Å². The van der Waals surface area contributed by atoms with Gasteiger partial charge in [-0.2, -0.15) is 0 Å². The molecule has 0 aliphatic heterocycles. The van der Waals surface area contributed by atoms with E-state index in [1.165, 1.54) is 12.1 Å². The van der Waals surface area contributed by atoms with Crippen LogP contribution in [0.25, 0.3) is 11.1 Å². The standard InChI is InChI=1S/C19H18N4O3S.C2H4O2/c20-27(25,26)18-8-2-6-16(11-18)15-5-1-7-17(10-15)23-19(24)22-13-14-4-3-9-21-12-14;1-2(3)4/h1-12H,13H2,(H2,20,25,26)(H2,22,23,24);1H3,(H,3,4). The third-order valence-corrected chi connectivity index (χ3v) is 4.70. The normalized spacial score (nSPS) is 10.4. The maximum absolute atomic E-state index is 12.1. The Kier molecular flexibility index (Phi) is 8.24. The van der Waals surface area contributed by atoms with Crippen LogP contribution in [0.3, 0.4) is 0 Å². The summed E-state index contributed by atoms with van der Waals surface area (Å²) in [5, 5.41) is 18.1. The first-order valence-electron chi connectivity index (χ1n) is 9.02. The molecular weight excluding hydrogens is 420 g/mol. The van der Waals surface area contributed by atoms with E-state index < -0.39 is 16.0 Å². The second-order valence-electron chi connectivity index (χ2n) is 6.34. The Morgan fingerprint density at radius 3 is 2.29 bits per heavy atom. The molecule has 0 saturated carbocycles. The van der Waals surface area contributed by atoms with Gasteiger partial charge in [-0.1, -0.05) is 30.3 Å². The van der Waals surface area contributed by atoms with E-state index in [1.54, 1.807) is 48.8 Å². The van der Waals surface area contributed by atoms with Crippen molar-refractivity contribution in [2.24, 2.45) is 5.14 Å². The third-order valence-electron chi connectivity index (χ3n) is 3.79. The van der Waals surface area contributed by atoms with E-state index in [0.717, 1.165) is 18.1 Å². The molecule has 0 saturated heterocycles. The predicted molar refractivity (Wildman–Crippen MR) is 117 cm³/mol. The van der Waals surface area contributed by atoms with E-state index in [-0.39, 0.29) is 10.9 Å². The molecule has 1 heterocycles. The fourth-order valence-corrected chi connectivity index (χ4v) is 3.05. The summed E-state index contributed by atoms with van der Waals surface area (Å²) in [4.78, 5) is 25.1. The molecule has 10 heteroatoms. The Balaban J connectivity index is 0.000000785. The van der Waals surface area contributed by atoms with Crippen LogP contribution < -0.4 is 15.8 Å². The highest BCUT2D eigenvalue weighted by molar-refractivity contribution is 7.89. The number of carboxylic acids is 1. The number of pyridine rings is 1. The van der Waals surface area contributed by atoms with Crippen LogP contribution in [0.5, 0.6) is 0 Å². The van der Waals surface area contributed by atoms with Gasteiger partial charge in [0.25, 0.3) is 5.97 Å². The molecule has 3 aromatic rings. The summed E-state index contributed by atoms with van der Waals surface area (Å²) in [7, 11) is -3.78. The molecule has 3 rings (SSSR count). The first-order valence-corrected chi connectivity index (χ1v) is 10.6. The van der Waals surface area contributed by atoms with Crippen LogP contribution in [0.2, 0.25) is 0 Å². The molecule has 0 radical (unpaired) electrons. The number of rotatable bonds is 5. The van der Waals surface area contributed by atoms with Gasteiger partial charge in [0.2, 0.25) is 10.0 Å². The summed E-state index contributed by atoms with van der Waals surface area (Å²) in [5.74, 6) is -0.833. The maximum atomic E-state index is 12.1. The lowest BCUT2D eigenvalue weighted by Crippen LogP contribution is -2.28. The van der Waals surface area contributed by atoms with Crippen LogP contribution in [0.15, 0.2) is 78.0 Å². The van der Waals surface area contributed by atoms with E-state index in [0.29, 0.717) is 17.8 Å². The fourth-order valence-electron chi connectivity index (χ4n) is 2.49. The van der Waals surface area contributed by atoms with Crippen molar-refractivity contribution < 1.29 is 23.1 Å². The van der Waals surface area contributed by atoms with Gasteiger partial charge in [0.15, 0.2) is 0 Å². The lowest BCUT2D eigenvalue weighted by molar-refractivity contribution is -0.134. The number of aliphatic carboxylic acids is 1. The molecule has 9 nitrogen and oxygen atoms in total.